The molecule has 0 aliphatic heterocycles. The predicted molar refractivity (Wildman–Crippen MR) is 28.0 cm³/mol. The summed E-state index contributed by atoms with van der Waals surface area (Å²) in [5, 5.41) is 0. The average molecular weight is 256 g/mol. The molecule has 0 amide bonds. The first-order chi connectivity index (χ1) is 2.89. The Labute approximate surface area is 80.4 Å². The number of halogens is 2. The van der Waals surface area contributed by atoms with Gasteiger partial charge in [-0.3, -0.25) is 0 Å². The van der Waals surface area contributed by atoms with E-state index in [9.17, 15) is 0 Å². The summed E-state index contributed by atoms with van der Waals surface area (Å²) in [6, 6.07) is 0. The van der Waals surface area contributed by atoms with Gasteiger partial charge in [-0.2, -0.15) is 0 Å². The summed E-state index contributed by atoms with van der Waals surface area (Å²) in [7, 11) is 0. The summed E-state index contributed by atoms with van der Waals surface area (Å²) in [6.07, 6.45) is 5.83. The normalized spacial score (nSPS) is 19.2. The Bertz CT molecular complexity index is 43.7. The van der Waals surface area contributed by atoms with Crippen LogP contribution in [0.25, 0.3) is 0 Å². The Hall–Kier alpha value is 1.49. The van der Waals surface area contributed by atoms with Gasteiger partial charge in [-0.25, -0.2) is 0 Å². The van der Waals surface area contributed by atoms with E-state index in [0.717, 1.165) is 4.78 Å². The van der Waals surface area contributed by atoms with Gasteiger partial charge >= 0.3 is 46.8 Å². The van der Waals surface area contributed by atoms with Crippen molar-refractivity contribution in [2.75, 3.05) is 0 Å². The molecule has 1 saturated carbocycles. The molecule has 0 aromatic carbocycles. The van der Waals surface area contributed by atoms with E-state index in [-0.39, 0.29) is 34.0 Å². The van der Waals surface area contributed by atoms with Crippen LogP contribution in [0.3, 0.4) is 0 Å². The first-order valence-corrected chi connectivity index (χ1v) is 3.32. The molecule has 0 bridgehead atoms. The Morgan fingerprint density at radius 1 is 1.00 bits per heavy atom. The van der Waals surface area contributed by atoms with Crippen LogP contribution in [0, 0.1) is 0 Å². The minimum Gasteiger partial charge on any atom is -1.00 e. The van der Waals surface area contributed by atoms with Crippen LogP contribution in [0.1, 0.15) is 25.7 Å². The second-order valence-corrected chi connectivity index (χ2v) is 2.99. The van der Waals surface area contributed by atoms with Crippen LogP contribution in [0.2, 0.25) is 4.78 Å². The molecule has 0 N–H and O–H groups in total. The summed E-state index contributed by atoms with van der Waals surface area (Å²) in [5.74, 6) is 0. The molecule has 1 aliphatic rings. The van der Waals surface area contributed by atoms with Crippen molar-refractivity contribution in [3.63, 3.8) is 0 Å². The molecule has 3 heteroatoms. The third kappa shape index (κ3) is 4.38. The fourth-order valence-electron chi connectivity index (χ4n) is 0.957. The van der Waals surface area contributed by atoms with Gasteiger partial charge in [0.25, 0.3) is 0 Å². The fourth-order valence-corrected chi connectivity index (χ4v) is 1.43. The van der Waals surface area contributed by atoms with Crippen molar-refractivity contribution in [1.29, 1.82) is 0 Å². The van der Waals surface area contributed by atoms with Crippen LogP contribution in [0.4, 0.5) is 0 Å². The molecule has 0 aromatic heterocycles. The van der Waals surface area contributed by atoms with Crippen molar-refractivity contribution < 1.29 is 34.0 Å². The molecule has 46 valence electrons. The van der Waals surface area contributed by atoms with Crippen molar-refractivity contribution in [3.05, 3.63) is 0 Å². The SMILES string of the molecule is [Al+2][CH]1CCCC1.[Br-].[Br-]. The maximum atomic E-state index is 2.87. The standard InChI is InChI=1S/C5H9.Al.2BrH/c1-2-4-5-3-1;;;/h1H,2-5H2;;2*1H/q;+2;;/p-2. The van der Waals surface area contributed by atoms with E-state index in [1.54, 1.807) is 0 Å². The molecule has 1 rings (SSSR count). The van der Waals surface area contributed by atoms with Gasteiger partial charge in [0.2, 0.25) is 0 Å². The van der Waals surface area contributed by atoms with Gasteiger partial charge in [0.15, 0.2) is 0 Å². The molecule has 1 aliphatic carbocycles. The van der Waals surface area contributed by atoms with E-state index in [1.807, 2.05) is 0 Å². The molecule has 0 spiro atoms. The molecule has 0 unspecified atom stereocenters. The third-order valence-corrected chi connectivity index (χ3v) is 2.07. The molecule has 8 heavy (non-hydrogen) atoms. The second kappa shape index (κ2) is 6.61. The quantitative estimate of drug-likeness (QED) is 0.383. The van der Waals surface area contributed by atoms with E-state index in [1.165, 1.54) is 25.7 Å². The number of rotatable bonds is 0. The zero-order valence-corrected chi connectivity index (χ0v) is 9.07. The van der Waals surface area contributed by atoms with E-state index in [2.05, 4.69) is 16.3 Å². The van der Waals surface area contributed by atoms with Crippen LogP contribution in [-0.2, 0) is 0 Å². The molecular formula is C5H9AlBr2. The molecule has 0 radical (unpaired) electrons. The Kier molecular flexibility index (Phi) is 10.1. The summed E-state index contributed by atoms with van der Waals surface area (Å²) in [6.45, 7) is 0. The summed E-state index contributed by atoms with van der Waals surface area (Å²) < 4.78 is 0.963. The number of hydrogen-bond donors (Lipinski definition) is 0. The van der Waals surface area contributed by atoms with Crippen LogP contribution < -0.4 is 34.0 Å². The van der Waals surface area contributed by atoms with Crippen LogP contribution in [0.5, 0.6) is 0 Å². The smallest absolute Gasteiger partial charge is 1.00 e. The molecule has 0 heterocycles. The summed E-state index contributed by atoms with van der Waals surface area (Å²) in [5.41, 5.74) is 0. The largest absolute Gasteiger partial charge is 1.00 e. The maximum Gasteiger partial charge on any atom is -1.00 e. The first-order valence-electron chi connectivity index (χ1n) is 2.65. The van der Waals surface area contributed by atoms with Crippen molar-refractivity contribution in [3.8, 4) is 0 Å². The van der Waals surface area contributed by atoms with E-state index in [4.69, 9.17) is 0 Å². The molecule has 0 nitrogen and oxygen atoms in total. The Morgan fingerprint density at radius 2 is 1.38 bits per heavy atom. The molecule has 0 aromatic rings. The fraction of sp³-hybridized carbons (Fsp3) is 1.00. The Morgan fingerprint density at radius 3 is 1.50 bits per heavy atom. The molecular weight excluding hydrogens is 247 g/mol. The second-order valence-electron chi connectivity index (χ2n) is 2.04. The topological polar surface area (TPSA) is 0 Å². The monoisotopic (exact) mass is 254 g/mol. The van der Waals surface area contributed by atoms with Gasteiger partial charge in [-0.05, 0) is 0 Å². The average Bonchev–Trinajstić information content (AvgIpc) is 1.86. The van der Waals surface area contributed by atoms with Gasteiger partial charge in [-0.1, -0.05) is 0 Å². The van der Waals surface area contributed by atoms with Gasteiger partial charge < -0.3 is 34.0 Å². The van der Waals surface area contributed by atoms with Crippen molar-refractivity contribution in [1.82, 2.24) is 0 Å². The molecule has 0 saturated heterocycles. The van der Waals surface area contributed by atoms with E-state index in [0.29, 0.717) is 0 Å². The van der Waals surface area contributed by atoms with E-state index < -0.39 is 0 Å². The van der Waals surface area contributed by atoms with Crippen molar-refractivity contribution in [2.45, 2.75) is 30.5 Å². The van der Waals surface area contributed by atoms with Gasteiger partial charge in [0.05, 0.1) is 0 Å². The Balaban J connectivity index is 0. The van der Waals surface area contributed by atoms with Crippen molar-refractivity contribution in [2.24, 2.45) is 0 Å². The first kappa shape index (κ1) is 12.2. The minimum absolute atomic E-state index is 0. The third-order valence-electron chi connectivity index (χ3n) is 1.40. The van der Waals surface area contributed by atoms with Gasteiger partial charge in [0, 0.05) is 0 Å². The van der Waals surface area contributed by atoms with E-state index >= 15 is 0 Å². The van der Waals surface area contributed by atoms with Gasteiger partial charge in [0.1, 0.15) is 0 Å². The van der Waals surface area contributed by atoms with Crippen LogP contribution >= 0.6 is 0 Å². The zero-order valence-electron chi connectivity index (χ0n) is 4.74. The van der Waals surface area contributed by atoms with Crippen LogP contribution in [-0.4, -0.2) is 16.3 Å². The maximum absolute atomic E-state index is 2.87. The zero-order chi connectivity index (χ0) is 4.41. The summed E-state index contributed by atoms with van der Waals surface area (Å²) >= 11 is 2.87. The predicted octanol–water partition coefficient (Wildman–Crippen LogP) is -4.47. The van der Waals surface area contributed by atoms with Crippen LogP contribution in [0.15, 0.2) is 0 Å². The molecule has 1 fully saturated rings. The molecule has 0 atom stereocenters. The summed E-state index contributed by atoms with van der Waals surface area (Å²) in [4.78, 5) is 0. The van der Waals surface area contributed by atoms with Gasteiger partial charge in [-0.15, -0.1) is 0 Å². The number of hydrogen-bond acceptors (Lipinski definition) is 0. The van der Waals surface area contributed by atoms with Crippen molar-refractivity contribution >= 4 is 16.3 Å². The minimum atomic E-state index is 0.